The lowest BCUT2D eigenvalue weighted by Crippen LogP contribution is -2.17. The normalized spacial score (nSPS) is 11.2. The third-order valence-corrected chi connectivity index (χ3v) is 5.29. The molecule has 0 aliphatic heterocycles. The third-order valence-electron chi connectivity index (χ3n) is 4.82. The minimum atomic E-state index is -0.193. The van der Waals surface area contributed by atoms with Crippen molar-refractivity contribution < 1.29 is 19.8 Å². The maximum Gasteiger partial charge on any atom is 0.240 e. The molecule has 182 valence electrons. The van der Waals surface area contributed by atoms with Crippen LogP contribution in [0.1, 0.15) is 62.5 Å². The Kier molecular flexibility index (Phi) is 11.9. The lowest BCUT2D eigenvalue weighted by atomic mass is 10.1. The van der Waals surface area contributed by atoms with Crippen molar-refractivity contribution in [2.24, 2.45) is 10.2 Å². The van der Waals surface area contributed by atoms with E-state index in [1.807, 2.05) is 0 Å². The second kappa shape index (κ2) is 14.9. The molecule has 0 atom stereocenters. The summed E-state index contributed by atoms with van der Waals surface area (Å²) in [6.45, 7) is 0. The molecule has 0 saturated carbocycles. The Morgan fingerprint density at radius 1 is 0.706 bits per heavy atom. The molecule has 0 aliphatic carbocycles. The highest BCUT2D eigenvalue weighted by Crippen LogP contribution is 2.20. The van der Waals surface area contributed by atoms with Crippen LogP contribution in [0.2, 0.25) is 10.0 Å². The molecule has 34 heavy (non-hydrogen) atoms. The molecule has 0 fully saturated rings. The zero-order valence-electron chi connectivity index (χ0n) is 18.6. The average molecular weight is 507 g/mol. The van der Waals surface area contributed by atoms with Crippen LogP contribution in [0.3, 0.4) is 0 Å². The maximum absolute atomic E-state index is 11.8. The number of phenolic OH excluding ortho intramolecular Hbond substituents is 2. The molecule has 0 unspecified atom stereocenters. The molecule has 2 amide bonds. The van der Waals surface area contributed by atoms with Crippen LogP contribution < -0.4 is 10.9 Å². The predicted octanol–water partition coefficient (Wildman–Crippen LogP) is 5.13. The quantitative estimate of drug-likeness (QED) is 0.171. The number of aromatic hydroxyl groups is 2. The summed E-state index contributed by atoms with van der Waals surface area (Å²) in [7, 11) is 0. The SMILES string of the molecule is O=C(CCCCCCCCC(=O)N/N=C/c1cc(Cl)ccc1O)N/N=C\c1cc(Cl)ccc1O. The van der Waals surface area contributed by atoms with Crippen LogP contribution in [0.25, 0.3) is 0 Å². The molecule has 8 nitrogen and oxygen atoms in total. The first kappa shape index (κ1) is 27.1. The van der Waals surface area contributed by atoms with E-state index in [0.29, 0.717) is 34.0 Å². The Morgan fingerprint density at radius 2 is 1.09 bits per heavy atom. The summed E-state index contributed by atoms with van der Waals surface area (Å²) in [5.41, 5.74) is 5.72. The number of amides is 2. The minimum Gasteiger partial charge on any atom is -0.507 e. The van der Waals surface area contributed by atoms with Gasteiger partial charge in [-0.3, -0.25) is 9.59 Å². The van der Waals surface area contributed by atoms with Crippen LogP contribution in [-0.4, -0.2) is 34.5 Å². The zero-order chi connectivity index (χ0) is 24.8. The molecule has 0 aromatic heterocycles. The number of hydrogen-bond acceptors (Lipinski definition) is 6. The molecule has 2 aromatic rings. The fourth-order valence-corrected chi connectivity index (χ4v) is 3.36. The maximum atomic E-state index is 11.8. The van der Waals surface area contributed by atoms with Crippen molar-refractivity contribution in [2.45, 2.75) is 51.4 Å². The van der Waals surface area contributed by atoms with Gasteiger partial charge in [-0.15, -0.1) is 0 Å². The second-order valence-electron chi connectivity index (χ2n) is 7.61. The first-order valence-corrected chi connectivity index (χ1v) is 11.7. The van der Waals surface area contributed by atoms with E-state index in [2.05, 4.69) is 21.1 Å². The molecule has 4 N–H and O–H groups in total. The molecule has 0 aliphatic rings. The molecule has 0 bridgehead atoms. The van der Waals surface area contributed by atoms with Crippen molar-refractivity contribution in [3.05, 3.63) is 57.6 Å². The van der Waals surface area contributed by atoms with Crippen LogP contribution in [0.15, 0.2) is 46.6 Å². The van der Waals surface area contributed by atoms with Crippen LogP contribution in [0.4, 0.5) is 0 Å². The van der Waals surface area contributed by atoms with E-state index in [0.717, 1.165) is 38.5 Å². The van der Waals surface area contributed by atoms with Crippen molar-refractivity contribution in [3.63, 3.8) is 0 Å². The molecule has 10 heteroatoms. The number of benzene rings is 2. The van der Waals surface area contributed by atoms with E-state index < -0.39 is 0 Å². The fraction of sp³-hybridized carbons (Fsp3) is 0.333. The number of hydrogen-bond donors (Lipinski definition) is 4. The first-order chi connectivity index (χ1) is 16.3. The first-order valence-electron chi connectivity index (χ1n) is 11.0. The number of rotatable bonds is 13. The molecular formula is C24H28Cl2N4O4. The molecule has 2 rings (SSSR count). The van der Waals surface area contributed by atoms with Gasteiger partial charge in [-0.25, -0.2) is 10.9 Å². The Hall–Kier alpha value is -3.10. The summed E-state index contributed by atoms with van der Waals surface area (Å²) in [4.78, 5) is 23.6. The average Bonchev–Trinajstić information content (AvgIpc) is 2.80. The van der Waals surface area contributed by atoms with Gasteiger partial charge in [0.1, 0.15) is 11.5 Å². The van der Waals surface area contributed by atoms with Gasteiger partial charge in [0.05, 0.1) is 12.4 Å². The monoisotopic (exact) mass is 506 g/mol. The Morgan fingerprint density at radius 3 is 1.50 bits per heavy atom. The largest absolute Gasteiger partial charge is 0.507 e. The number of hydrazone groups is 2. The second-order valence-corrected chi connectivity index (χ2v) is 8.49. The fourth-order valence-electron chi connectivity index (χ4n) is 3.00. The summed E-state index contributed by atoms with van der Waals surface area (Å²) in [6, 6.07) is 9.15. The number of carbonyl (C=O) groups is 2. The highest BCUT2D eigenvalue weighted by Gasteiger charge is 2.03. The highest BCUT2D eigenvalue weighted by molar-refractivity contribution is 6.31. The molecule has 0 radical (unpaired) electrons. The van der Waals surface area contributed by atoms with Gasteiger partial charge in [-0.05, 0) is 49.2 Å². The van der Waals surface area contributed by atoms with E-state index in [-0.39, 0.29) is 23.3 Å². The smallest absolute Gasteiger partial charge is 0.240 e. The summed E-state index contributed by atoms with van der Waals surface area (Å²) < 4.78 is 0. The van der Waals surface area contributed by atoms with Gasteiger partial charge in [-0.1, -0.05) is 48.9 Å². The van der Waals surface area contributed by atoms with Crippen LogP contribution in [0.5, 0.6) is 11.5 Å². The van der Waals surface area contributed by atoms with E-state index in [1.54, 1.807) is 24.3 Å². The van der Waals surface area contributed by atoms with Gasteiger partial charge in [0.25, 0.3) is 0 Å². The van der Waals surface area contributed by atoms with Crippen molar-refractivity contribution >= 4 is 47.4 Å². The number of carbonyl (C=O) groups excluding carboxylic acids is 2. The Labute approximate surface area is 208 Å². The zero-order valence-corrected chi connectivity index (χ0v) is 20.1. The summed E-state index contributed by atoms with van der Waals surface area (Å²) in [6.07, 6.45) is 8.68. The van der Waals surface area contributed by atoms with Gasteiger partial charge in [-0.2, -0.15) is 10.2 Å². The third kappa shape index (κ3) is 10.7. The molecule has 0 spiro atoms. The number of phenols is 2. The van der Waals surface area contributed by atoms with Crippen molar-refractivity contribution in [2.75, 3.05) is 0 Å². The van der Waals surface area contributed by atoms with E-state index in [4.69, 9.17) is 23.2 Å². The van der Waals surface area contributed by atoms with Gasteiger partial charge < -0.3 is 10.2 Å². The van der Waals surface area contributed by atoms with Crippen LogP contribution in [-0.2, 0) is 9.59 Å². The number of unbranched alkanes of at least 4 members (excludes halogenated alkanes) is 5. The predicted molar refractivity (Wildman–Crippen MR) is 135 cm³/mol. The molecular weight excluding hydrogens is 479 g/mol. The Bertz CT molecular complexity index is 947. The van der Waals surface area contributed by atoms with Crippen LogP contribution in [0, 0.1) is 0 Å². The molecule has 0 saturated heterocycles. The van der Waals surface area contributed by atoms with Crippen molar-refractivity contribution in [1.82, 2.24) is 10.9 Å². The summed E-state index contributed by atoms with van der Waals surface area (Å²) >= 11 is 11.7. The van der Waals surface area contributed by atoms with Crippen molar-refractivity contribution in [3.8, 4) is 11.5 Å². The van der Waals surface area contributed by atoms with E-state index >= 15 is 0 Å². The van der Waals surface area contributed by atoms with Gasteiger partial charge in [0.15, 0.2) is 0 Å². The summed E-state index contributed by atoms with van der Waals surface area (Å²) in [5.74, 6) is -0.321. The van der Waals surface area contributed by atoms with Gasteiger partial charge >= 0.3 is 0 Å². The minimum absolute atomic E-state index is 0.0328. The Balaban J connectivity index is 1.49. The number of halogens is 2. The lowest BCUT2D eigenvalue weighted by molar-refractivity contribution is -0.122. The molecule has 2 aromatic carbocycles. The van der Waals surface area contributed by atoms with Gasteiger partial charge in [0, 0.05) is 34.0 Å². The summed E-state index contributed by atoms with van der Waals surface area (Å²) in [5, 5.41) is 28.0. The van der Waals surface area contributed by atoms with E-state index in [1.165, 1.54) is 24.6 Å². The molecule has 0 heterocycles. The topological polar surface area (TPSA) is 123 Å². The highest BCUT2D eigenvalue weighted by atomic mass is 35.5. The number of nitrogens with one attached hydrogen (secondary N) is 2. The van der Waals surface area contributed by atoms with Crippen LogP contribution >= 0.6 is 23.2 Å². The lowest BCUT2D eigenvalue weighted by Gasteiger charge is -2.03. The standard InChI is InChI=1S/C24H28Cl2N4O4/c25-19-9-11-21(31)17(13-19)15-27-29-23(33)7-5-3-1-2-4-6-8-24(34)30-28-16-18-14-20(26)10-12-22(18)32/h9-16,31-32H,1-8H2,(H,29,33)(H,30,34)/b27-15-,28-16+. The van der Waals surface area contributed by atoms with E-state index in [9.17, 15) is 19.8 Å². The van der Waals surface area contributed by atoms with Gasteiger partial charge in [0.2, 0.25) is 11.8 Å². The van der Waals surface area contributed by atoms with Crippen molar-refractivity contribution in [1.29, 1.82) is 0 Å². The number of nitrogens with zero attached hydrogens (tertiary/aromatic N) is 2.